The smallest absolute Gasteiger partial charge is 0.269 e. The van der Waals surface area contributed by atoms with E-state index in [-0.39, 0.29) is 10.6 Å². The fraction of sp³-hybridized carbons (Fsp3) is 0.231. The third kappa shape index (κ3) is 2.72. The van der Waals surface area contributed by atoms with Crippen molar-refractivity contribution >= 4 is 5.69 Å². The first-order valence-electron chi connectivity index (χ1n) is 5.51. The van der Waals surface area contributed by atoms with Crippen molar-refractivity contribution in [2.24, 2.45) is 0 Å². The molecule has 0 radical (unpaired) electrons. The maximum Gasteiger partial charge on any atom is 0.269 e. The van der Waals surface area contributed by atoms with E-state index in [9.17, 15) is 10.1 Å². The zero-order chi connectivity index (χ0) is 12.3. The van der Waals surface area contributed by atoms with Gasteiger partial charge >= 0.3 is 0 Å². The van der Waals surface area contributed by atoms with Crippen LogP contribution in [0.3, 0.4) is 0 Å². The summed E-state index contributed by atoms with van der Waals surface area (Å²) in [4.78, 5) is 12.3. The van der Waals surface area contributed by atoms with Crippen LogP contribution in [0, 0.1) is 10.1 Å². The number of hydrogen-bond acceptors (Lipinski definition) is 3. The molecule has 88 valence electrons. The molecule has 4 heteroatoms. The van der Waals surface area contributed by atoms with Gasteiger partial charge in [-0.05, 0) is 24.8 Å². The molecule has 1 aromatic rings. The van der Waals surface area contributed by atoms with E-state index in [1.807, 2.05) is 18.4 Å². The molecular formula is C13H14N2O2. The predicted molar refractivity (Wildman–Crippen MR) is 66.4 cm³/mol. The van der Waals surface area contributed by atoms with Gasteiger partial charge < -0.3 is 4.90 Å². The van der Waals surface area contributed by atoms with E-state index in [4.69, 9.17) is 0 Å². The van der Waals surface area contributed by atoms with Gasteiger partial charge in [-0.15, -0.1) is 0 Å². The van der Waals surface area contributed by atoms with E-state index in [2.05, 4.69) is 17.9 Å². The van der Waals surface area contributed by atoms with E-state index in [0.717, 1.165) is 12.1 Å². The Morgan fingerprint density at radius 2 is 2.00 bits per heavy atom. The molecule has 0 N–H and O–H groups in total. The Kier molecular flexibility index (Phi) is 3.23. The largest absolute Gasteiger partial charge is 0.367 e. The second-order valence-electron chi connectivity index (χ2n) is 4.06. The maximum atomic E-state index is 10.5. The highest BCUT2D eigenvalue weighted by molar-refractivity contribution is 5.33. The summed E-state index contributed by atoms with van der Waals surface area (Å²) in [5.74, 6) is 0. The molecule has 0 saturated heterocycles. The standard InChI is InChI=1S/C13H14N2O2/c1-11-4-2-3-9-14(11)10-12-5-7-13(8-6-12)15(16)17/h2-9,11H,10H2,1H3. The number of rotatable bonds is 3. The molecule has 1 atom stereocenters. The van der Waals surface area contributed by atoms with Crippen LogP contribution in [0.4, 0.5) is 5.69 Å². The van der Waals surface area contributed by atoms with E-state index >= 15 is 0 Å². The normalized spacial score (nSPS) is 18.4. The zero-order valence-corrected chi connectivity index (χ0v) is 9.61. The molecule has 1 unspecified atom stereocenters. The highest BCUT2D eigenvalue weighted by Gasteiger charge is 2.10. The van der Waals surface area contributed by atoms with Gasteiger partial charge in [-0.25, -0.2) is 0 Å². The first-order chi connectivity index (χ1) is 8.16. The number of non-ortho nitro benzene ring substituents is 1. The third-order valence-electron chi connectivity index (χ3n) is 2.81. The summed E-state index contributed by atoms with van der Waals surface area (Å²) >= 11 is 0. The van der Waals surface area contributed by atoms with E-state index < -0.39 is 0 Å². The van der Waals surface area contributed by atoms with Gasteiger partial charge in [0.2, 0.25) is 0 Å². The van der Waals surface area contributed by atoms with Gasteiger partial charge in [0.15, 0.2) is 0 Å². The highest BCUT2D eigenvalue weighted by atomic mass is 16.6. The van der Waals surface area contributed by atoms with Crippen molar-refractivity contribution in [2.45, 2.75) is 19.5 Å². The van der Waals surface area contributed by atoms with Gasteiger partial charge in [-0.2, -0.15) is 0 Å². The molecule has 1 aliphatic rings. The third-order valence-corrected chi connectivity index (χ3v) is 2.81. The Morgan fingerprint density at radius 1 is 1.29 bits per heavy atom. The molecule has 17 heavy (non-hydrogen) atoms. The molecule has 1 aliphatic heterocycles. The van der Waals surface area contributed by atoms with Gasteiger partial charge in [0.05, 0.1) is 4.92 Å². The minimum Gasteiger partial charge on any atom is -0.367 e. The molecule has 1 aromatic carbocycles. The van der Waals surface area contributed by atoms with Crippen LogP contribution in [0.25, 0.3) is 0 Å². The van der Waals surface area contributed by atoms with Gasteiger partial charge in [-0.3, -0.25) is 10.1 Å². The molecule has 0 fully saturated rings. The molecule has 0 saturated carbocycles. The Balaban J connectivity index is 2.06. The van der Waals surface area contributed by atoms with Crippen LogP contribution < -0.4 is 0 Å². The van der Waals surface area contributed by atoms with E-state index in [0.29, 0.717) is 6.04 Å². The van der Waals surface area contributed by atoms with Crippen molar-refractivity contribution in [1.29, 1.82) is 0 Å². The first kappa shape index (κ1) is 11.4. The molecule has 2 rings (SSSR count). The van der Waals surface area contributed by atoms with Crippen molar-refractivity contribution in [3.05, 3.63) is 64.4 Å². The van der Waals surface area contributed by atoms with Crippen molar-refractivity contribution in [3.8, 4) is 0 Å². The molecule has 0 aliphatic carbocycles. The fourth-order valence-electron chi connectivity index (χ4n) is 1.76. The lowest BCUT2D eigenvalue weighted by atomic mass is 10.1. The lowest BCUT2D eigenvalue weighted by Crippen LogP contribution is -2.27. The summed E-state index contributed by atoms with van der Waals surface area (Å²) in [7, 11) is 0. The first-order valence-corrected chi connectivity index (χ1v) is 5.51. The number of benzene rings is 1. The topological polar surface area (TPSA) is 46.4 Å². The summed E-state index contributed by atoms with van der Waals surface area (Å²) in [5.41, 5.74) is 1.21. The number of allylic oxidation sites excluding steroid dienone is 2. The molecule has 0 aromatic heterocycles. The predicted octanol–water partition coefficient (Wildman–Crippen LogP) is 2.87. The molecule has 0 spiro atoms. The Bertz CT molecular complexity index is 463. The Morgan fingerprint density at radius 3 is 2.59 bits per heavy atom. The quantitative estimate of drug-likeness (QED) is 0.592. The molecular weight excluding hydrogens is 216 g/mol. The van der Waals surface area contributed by atoms with Gasteiger partial charge in [0, 0.05) is 24.7 Å². The summed E-state index contributed by atoms with van der Waals surface area (Å²) in [6.07, 6.45) is 8.17. The lowest BCUT2D eigenvalue weighted by molar-refractivity contribution is -0.384. The molecule has 1 heterocycles. The van der Waals surface area contributed by atoms with Crippen molar-refractivity contribution < 1.29 is 4.92 Å². The average molecular weight is 230 g/mol. The Labute approximate surface area is 100 Å². The summed E-state index contributed by atoms with van der Waals surface area (Å²) in [6, 6.07) is 7.05. The average Bonchev–Trinajstić information content (AvgIpc) is 2.33. The highest BCUT2D eigenvalue weighted by Crippen LogP contribution is 2.16. The van der Waals surface area contributed by atoms with Crippen molar-refractivity contribution in [2.75, 3.05) is 0 Å². The fourth-order valence-corrected chi connectivity index (χ4v) is 1.76. The minimum atomic E-state index is -0.379. The minimum absolute atomic E-state index is 0.135. The van der Waals surface area contributed by atoms with Gasteiger partial charge in [0.25, 0.3) is 5.69 Å². The maximum absolute atomic E-state index is 10.5. The number of nitrogens with zero attached hydrogens (tertiary/aromatic N) is 2. The van der Waals surface area contributed by atoms with E-state index in [1.165, 1.54) is 0 Å². The second kappa shape index (κ2) is 4.82. The van der Waals surface area contributed by atoms with Crippen LogP contribution in [-0.4, -0.2) is 15.9 Å². The monoisotopic (exact) mass is 230 g/mol. The van der Waals surface area contributed by atoms with Crippen molar-refractivity contribution in [3.63, 3.8) is 0 Å². The molecule has 4 nitrogen and oxygen atoms in total. The van der Waals surface area contributed by atoms with Crippen LogP contribution in [0.1, 0.15) is 12.5 Å². The Hall–Kier alpha value is -2.10. The van der Waals surface area contributed by atoms with Gasteiger partial charge in [0.1, 0.15) is 0 Å². The van der Waals surface area contributed by atoms with Crippen LogP contribution in [0.15, 0.2) is 48.7 Å². The molecule has 0 amide bonds. The van der Waals surface area contributed by atoms with Crippen LogP contribution in [-0.2, 0) is 6.54 Å². The summed E-state index contributed by atoms with van der Waals surface area (Å²) in [5, 5.41) is 10.5. The van der Waals surface area contributed by atoms with Crippen LogP contribution >= 0.6 is 0 Å². The van der Waals surface area contributed by atoms with E-state index in [1.54, 1.807) is 24.3 Å². The summed E-state index contributed by atoms with van der Waals surface area (Å²) in [6.45, 7) is 2.88. The zero-order valence-electron chi connectivity index (χ0n) is 9.61. The van der Waals surface area contributed by atoms with Crippen LogP contribution in [0.2, 0.25) is 0 Å². The number of nitro groups is 1. The summed E-state index contributed by atoms with van der Waals surface area (Å²) < 4.78 is 0. The SMILES string of the molecule is CC1C=CC=CN1Cc1ccc([N+](=O)[O-])cc1. The van der Waals surface area contributed by atoms with Gasteiger partial charge in [-0.1, -0.05) is 24.3 Å². The lowest BCUT2D eigenvalue weighted by Gasteiger charge is -2.27. The van der Waals surface area contributed by atoms with Crippen LogP contribution in [0.5, 0.6) is 0 Å². The van der Waals surface area contributed by atoms with Crippen molar-refractivity contribution in [1.82, 2.24) is 4.90 Å². The number of hydrogen-bond donors (Lipinski definition) is 0. The number of nitro benzene ring substituents is 1. The molecule has 0 bridgehead atoms. The second-order valence-corrected chi connectivity index (χ2v) is 4.06.